The molecule has 7 heteroatoms. The third-order valence-corrected chi connectivity index (χ3v) is 3.53. The van der Waals surface area contributed by atoms with Gasteiger partial charge < -0.3 is 14.9 Å². The van der Waals surface area contributed by atoms with E-state index in [1.807, 2.05) is 31.2 Å². The zero-order chi connectivity index (χ0) is 18.0. The minimum absolute atomic E-state index is 0.115. The topological polar surface area (TPSA) is 78.4 Å². The van der Waals surface area contributed by atoms with Crippen LogP contribution in [0.15, 0.2) is 47.1 Å². The molecule has 0 aliphatic rings. The first-order chi connectivity index (χ1) is 12.0. The quantitative estimate of drug-likeness (QED) is 0.767. The fourth-order valence-electron chi connectivity index (χ4n) is 2.22. The fourth-order valence-corrected chi connectivity index (χ4v) is 2.22. The fraction of sp³-hybridized carbons (Fsp3) is 0.111. The highest BCUT2D eigenvalue weighted by Gasteiger charge is 2.19. The predicted octanol–water partition coefficient (Wildman–Crippen LogP) is 3.61. The first kappa shape index (κ1) is 16.6. The highest BCUT2D eigenvalue weighted by Crippen LogP contribution is 2.24. The van der Waals surface area contributed by atoms with Crippen LogP contribution in [0.2, 0.25) is 0 Å². The molecule has 0 bridgehead atoms. The van der Waals surface area contributed by atoms with E-state index in [-0.39, 0.29) is 12.4 Å². The molecule has 0 aliphatic heterocycles. The second kappa shape index (κ2) is 6.72. The Morgan fingerprint density at radius 2 is 1.92 bits per heavy atom. The number of aromatic nitrogens is 1. The lowest BCUT2D eigenvalue weighted by molar-refractivity contribution is 0.0991. The third kappa shape index (κ3) is 3.50. The largest absolute Gasteiger partial charge is 0.484 e. The van der Waals surface area contributed by atoms with Gasteiger partial charge in [-0.25, -0.2) is 13.8 Å². The number of rotatable bonds is 5. The Kier molecular flexibility index (Phi) is 4.47. The molecular weight excluding hydrogens is 330 g/mol. The van der Waals surface area contributed by atoms with Crippen molar-refractivity contribution in [2.24, 2.45) is 5.73 Å². The highest BCUT2D eigenvalue weighted by atomic mass is 19.1. The van der Waals surface area contributed by atoms with Gasteiger partial charge in [-0.3, -0.25) is 4.79 Å². The van der Waals surface area contributed by atoms with Gasteiger partial charge in [-0.1, -0.05) is 17.7 Å². The van der Waals surface area contributed by atoms with E-state index < -0.39 is 23.1 Å². The summed E-state index contributed by atoms with van der Waals surface area (Å²) in [6.45, 7) is 1.85. The number of primary amides is 1. The van der Waals surface area contributed by atoms with Crippen molar-refractivity contribution in [3.05, 3.63) is 71.1 Å². The Morgan fingerprint density at radius 3 is 2.60 bits per heavy atom. The molecule has 1 aromatic heterocycles. The number of hydrogen-bond donors (Lipinski definition) is 1. The van der Waals surface area contributed by atoms with E-state index in [0.717, 1.165) is 23.3 Å². The van der Waals surface area contributed by atoms with Gasteiger partial charge in [-0.05, 0) is 31.2 Å². The van der Waals surface area contributed by atoms with Gasteiger partial charge in [-0.2, -0.15) is 0 Å². The molecule has 0 radical (unpaired) electrons. The average molecular weight is 344 g/mol. The third-order valence-electron chi connectivity index (χ3n) is 3.53. The molecule has 2 N–H and O–H groups in total. The minimum atomic E-state index is -1.21. The summed E-state index contributed by atoms with van der Waals surface area (Å²) in [6, 6.07) is 9.58. The standard InChI is InChI=1S/C18H14F2N2O3/c1-10-2-4-11(5-3-10)18-22-12(9-25-18)8-24-14-7-6-13(19)15(16(14)20)17(21)23/h2-7,9H,8H2,1H3,(H2,21,23). The molecule has 128 valence electrons. The summed E-state index contributed by atoms with van der Waals surface area (Å²) in [5.41, 5.74) is 6.45. The maximum Gasteiger partial charge on any atom is 0.254 e. The maximum atomic E-state index is 14.1. The molecule has 1 amide bonds. The molecular formula is C18H14F2N2O3. The zero-order valence-electron chi connectivity index (χ0n) is 13.3. The van der Waals surface area contributed by atoms with Gasteiger partial charge in [0.25, 0.3) is 5.91 Å². The van der Waals surface area contributed by atoms with Crippen molar-refractivity contribution < 1.29 is 22.7 Å². The van der Waals surface area contributed by atoms with Crippen LogP contribution >= 0.6 is 0 Å². The predicted molar refractivity (Wildman–Crippen MR) is 85.9 cm³/mol. The molecule has 3 rings (SSSR count). The molecule has 5 nitrogen and oxygen atoms in total. The van der Waals surface area contributed by atoms with E-state index in [2.05, 4.69) is 4.98 Å². The Bertz CT molecular complexity index is 921. The van der Waals surface area contributed by atoms with E-state index in [9.17, 15) is 13.6 Å². The van der Waals surface area contributed by atoms with Crippen LogP contribution in [0.25, 0.3) is 11.5 Å². The Balaban J connectivity index is 1.76. The summed E-state index contributed by atoms with van der Waals surface area (Å²) in [6.07, 6.45) is 1.38. The molecule has 0 atom stereocenters. The maximum absolute atomic E-state index is 14.1. The molecule has 3 aromatic rings. The van der Waals surface area contributed by atoms with E-state index >= 15 is 0 Å². The van der Waals surface area contributed by atoms with Gasteiger partial charge in [0.05, 0.1) is 0 Å². The van der Waals surface area contributed by atoms with Crippen molar-refractivity contribution in [3.8, 4) is 17.2 Å². The monoisotopic (exact) mass is 344 g/mol. The molecule has 1 heterocycles. The van der Waals surface area contributed by atoms with Gasteiger partial charge in [-0.15, -0.1) is 0 Å². The highest BCUT2D eigenvalue weighted by molar-refractivity contribution is 5.93. The van der Waals surface area contributed by atoms with Crippen molar-refractivity contribution in [2.75, 3.05) is 0 Å². The first-order valence-electron chi connectivity index (χ1n) is 7.37. The number of carbonyl (C=O) groups excluding carboxylic acids is 1. The summed E-state index contributed by atoms with van der Waals surface area (Å²) in [5, 5.41) is 0. The van der Waals surface area contributed by atoms with Crippen LogP contribution in [-0.2, 0) is 6.61 Å². The van der Waals surface area contributed by atoms with Crippen molar-refractivity contribution in [1.82, 2.24) is 4.98 Å². The van der Waals surface area contributed by atoms with Crippen LogP contribution in [0, 0.1) is 18.6 Å². The number of nitrogens with two attached hydrogens (primary N) is 1. The number of halogens is 2. The summed E-state index contributed by atoms with van der Waals surface area (Å²) < 4.78 is 38.2. The number of aryl methyl sites for hydroxylation is 1. The van der Waals surface area contributed by atoms with Crippen LogP contribution in [0.5, 0.6) is 5.75 Å². The van der Waals surface area contributed by atoms with Crippen LogP contribution in [0.4, 0.5) is 8.78 Å². The van der Waals surface area contributed by atoms with Crippen molar-refractivity contribution in [1.29, 1.82) is 0 Å². The molecule has 0 saturated heterocycles. The molecule has 0 aliphatic carbocycles. The summed E-state index contributed by atoms with van der Waals surface area (Å²) >= 11 is 0. The van der Waals surface area contributed by atoms with E-state index in [1.165, 1.54) is 6.26 Å². The van der Waals surface area contributed by atoms with Gasteiger partial charge in [0.1, 0.15) is 29.9 Å². The number of nitrogens with zero attached hydrogens (tertiary/aromatic N) is 1. The molecule has 0 fully saturated rings. The molecule has 0 saturated carbocycles. The van der Waals surface area contributed by atoms with Crippen LogP contribution in [0.3, 0.4) is 0 Å². The summed E-state index contributed by atoms with van der Waals surface area (Å²) in [7, 11) is 0. The Morgan fingerprint density at radius 1 is 1.20 bits per heavy atom. The zero-order valence-corrected chi connectivity index (χ0v) is 13.3. The van der Waals surface area contributed by atoms with Gasteiger partial charge >= 0.3 is 0 Å². The number of oxazole rings is 1. The SMILES string of the molecule is Cc1ccc(-c2nc(COc3ccc(F)c(C(N)=O)c3F)co2)cc1. The van der Waals surface area contributed by atoms with E-state index in [4.69, 9.17) is 14.9 Å². The number of carbonyl (C=O) groups is 1. The molecule has 0 unspecified atom stereocenters. The van der Waals surface area contributed by atoms with Gasteiger partial charge in [0.15, 0.2) is 11.6 Å². The molecule has 25 heavy (non-hydrogen) atoms. The van der Waals surface area contributed by atoms with Crippen LogP contribution in [-0.4, -0.2) is 10.9 Å². The van der Waals surface area contributed by atoms with E-state index in [0.29, 0.717) is 11.6 Å². The Hall–Kier alpha value is -3.22. The van der Waals surface area contributed by atoms with Crippen molar-refractivity contribution in [2.45, 2.75) is 13.5 Å². The second-order valence-corrected chi connectivity index (χ2v) is 5.40. The molecule has 2 aromatic carbocycles. The second-order valence-electron chi connectivity index (χ2n) is 5.40. The minimum Gasteiger partial charge on any atom is -0.484 e. The van der Waals surface area contributed by atoms with Crippen LogP contribution in [0.1, 0.15) is 21.6 Å². The Labute approximate surface area is 142 Å². The van der Waals surface area contributed by atoms with Gasteiger partial charge in [0.2, 0.25) is 5.89 Å². The number of ether oxygens (including phenoxy) is 1. The number of amides is 1. The number of hydrogen-bond acceptors (Lipinski definition) is 4. The smallest absolute Gasteiger partial charge is 0.254 e. The van der Waals surface area contributed by atoms with Crippen molar-refractivity contribution in [3.63, 3.8) is 0 Å². The lowest BCUT2D eigenvalue weighted by atomic mass is 10.1. The first-order valence-corrected chi connectivity index (χ1v) is 7.37. The van der Waals surface area contributed by atoms with Crippen LogP contribution < -0.4 is 10.5 Å². The van der Waals surface area contributed by atoms with E-state index in [1.54, 1.807) is 0 Å². The number of benzene rings is 2. The molecule has 0 spiro atoms. The summed E-state index contributed by atoms with van der Waals surface area (Å²) in [5.74, 6) is -3.29. The van der Waals surface area contributed by atoms with Crippen molar-refractivity contribution >= 4 is 5.91 Å². The summed E-state index contributed by atoms with van der Waals surface area (Å²) in [4.78, 5) is 15.4. The lowest BCUT2D eigenvalue weighted by Crippen LogP contribution is -2.16. The lowest BCUT2D eigenvalue weighted by Gasteiger charge is -2.08. The normalized spacial score (nSPS) is 10.7. The average Bonchev–Trinajstić information content (AvgIpc) is 3.03. The van der Waals surface area contributed by atoms with Gasteiger partial charge in [0, 0.05) is 5.56 Å².